The van der Waals surface area contributed by atoms with Crippen molar-refractivity contribution in [3.63, 3.8) is 0 Å². The molecule has 0 aliphatic heterocycles. The Bertz CT molecular complexity index is 2350. The van der Waals surface area contributed by atoms with Crippen molar-refractivity contribution in [2.45, 2.75) is 13.7 Å². The fraction of sp³-hybridized carbons (Fsp3) is 0.0556. The average molecular weight is 716 g/mol. The molecule has 0 unspecified atom stereocenters. The van der Waals surface area contributed by atoms with Gasteiger partial charge < -0.3 is 14.4 Å². The first-order valence-electron chi connectivity index (χ1n) is 15.7. The number of nitrogens with zero attached hydrogens (tertiary/aromatic N) is 3. The summed E-state index contributed by atoms with van der Waals surface area (Å²) in [5.41, 5.74) is 5.71. The zero-order valence-corrected chi connectivity index (χ0v) is 23.8. The van der Waals surface area contributed by atoms with Gasteiger partial charge in [-0.2, -0.15) is 0 Å². The average Bonchev–Trinajstić information content (AvgIpc) is 3.57. The summed E-state index contributed by atoms with van der Waals surface area (Å²) in [4.78, 5) is 8.68. The van der Waals surface area contributed by atoms with Crippen molar-refractivity contribution >= 4 is 38.1 Å². The standard InChI is InChI=1S/C23H13N2.C13H11FN.Ir/c1-2-7-15(8-3-1)21-23-19(13-14-24-21)18-11-6-10-17-16-9-4-5-12-20(16)25(23)22(17)18;1-9-7-13(15-8-10(9)2)11-3-5-12(14)6-4-11;/h1-7,9-14H;3,5-8H,1-2H3;/q2*-1;/i;1D3,2D3;. The molecule has 1 radical (unpaired) electrons. The smallest absolute Gasteiger partial charge is 0.0612 e. The molecule has 0 amide bonds. The molecule has 5 heteroatoms. The second-order valence-electron chi connectivity index (χ2n) is 9.42. The molecule has 0 saturated heterocycles. The molecule has 8 rings (SSSR count). The van der Waals surface area contributed by atoms with Crippen LogP contribution in [-0.2, 0) is 20.1 Å². The SMILES string of the molecule is [2H]C([2H])([2H])c1cnc(-c2[c-]cc(F)cc2)cc1C([2H])([2H])[2H].[Ir].[c-]1ccccc1-c1nccc2c3cccc4c5ccccc5n(c12)c43. The topological polar surface area (TPSA) is 30.2 Å². The number of halogens is 1. The Balaban J connectivity index is 0.000000164. The van der Waals surface area contributed by atoms with Gasteiger partial charge in [-0.1, -0.05) is 48.0 Å². The fourth-order valence-corrected chi connectivity index (χ4v) is 5.27. The van der Waals surface area contributed by atoms with Crippen molar-refractivity contribution in [3.8, 4) is 22.5 Å². The Morgan fingerprint density at radius 3 is 2.29 bits per heavy atom. The van der Waals surface area contributed by atoms with Crippen LogP contribution in [0.1, 0.15) is 19.4 Å². The number of pyridine rings is 2. The number of hydrogen-bond acceptors (Lipinski definition) is 2. The van der Waals surface area contributed by atoms with Crippen molar-refractivity contribution in [2.24, 2.45) is 0 Å². The first-order valence-corrected chi connectivity index (χ1v) is 12.7. The van der Waals surface area contributed by atoms with Gasteiger partial charge in [0.25, 0.3) is 0 Å². The molecule has 4 heterocycles. The summed E-state index contributed by atoms with van der Waals surface area (Å²) in [6.45, 7) is -5.15. The molecule has 8 aromatic rings. The van der Waals surface area contributed by atoms with Crippen LogP contribution in [0.5, 0.6) is 0 Å². The van der Waals surface area contributed by atoms with Crippen LogP contribution < -0.4 is 0 Å². The Morgan fingerprint density at radius 2 is 1.51 bits per heavy atom. The maximum Gasteiger partial charge on any atom is 0.0612 e. The quantitative estimate of drug-likeness (QED) is 0.167. The summed E-state index contributed by atoms with van der Waals surface area (Å²) in [5, 5.41) is 5.11. The van der Waals surface area contributed by atoms with E-state index >= 15 is 0 Å². The van der Waals surface area contributed by atoms with Crippen molar-refractivity contribution < 1.29 is 32.7 Å². The van der Waals surface area contributed by atoms with Crippen LogP contribution in [-0.4, -0.2) is 14.4 Å². The number of aromatic nitrogens is 3. The molecule has 0 N–H and O–H groups in total. The van der Waals surface area contributed by atoms with E-state index < -0.39 is 19.5 Å². The van der Waals surface area contributed by atoms with Gasteiger partial charge in [0, 0.05) is 79.3 Å². The van der Waals surface area contributed by atoms with E-state index in [1.807, 2.05) is 24.4 Å². The minimum absolute atomic E-state index is 0. The van der Waals surface area contributed by atoms with Gasteiger partial charge in [-0.05, 0) is 37.1 Å². The van der Waals surface area contributed by atoms with Crippen molar-refractivity contribution in [3.05, 3.63) is 139 Å². The normalized spacial score (nSPS) is 13.9. The first kappa shape index (κ1) is 20.4. The maximum absolute atomic E-state index is 12.9. The zero-order chi connectivity index (χ0) is 32.2. The first-order chi connectivity index (χ1) is 22.0. The van der Waals surface area contributed by atoms with Crippen LogP contribution in [0.2, 0.25) is 0 Å². The van der Waals surface area contributed by atoms with Gasteiger partial charge in [0.1, 0.15) is 0 Å². The molecule has 0 spiro atoms. The van der Waals surface area contributed by atoms with E-state index in [2.05, 4.69) is 76.1 Å². The predicted octanol–water partition coefficient (Wildman–Crippen LogP) is 9.00. The van der Waals surface area contributed by atoms with Crippen molar-refractivity contribution in [1.29, 1.82) is 0 Å². The fourth-order valence-electron chi connectivity index (χ4n) is 5.27. The monoisotopic (exact) mass is 716 g/mol. The Kier molecular flexibility index (Phi) is 5.41. The van der Waals surface area contributed by atoms with Gasteiger partial charge in [-0.3, -0.25) is 4.39 Å². The van der Waals surface area contributed by atoms with Crippen LogP contribution in [0.25, 0.3) is 60.6 Å². The molecule has 4 aromatic heterocycles. The van der Waals surface area contributed by atoms with Gasteiger partial charge in [-0.25, -0.2) is 0 Å². The zero-order valence-electron chi connectivity index (χ0n) is 27.4. The Morgan fingerprint density at radius 1 is 0.732 bits per heavy atom. The minimum Gasteiger partial charge on any atom is -0.315 e. The summed E-state index contributed by atoms with van der Waals surface area (Å²) in [5.74, 6) is -0.478. The van der Waals surface area contributed by atoms with Crippen LogP contribution >= 0.6 is 0 Å². The largest absolute Gasteiger partial charge is 0.315 e. The molecule has 0 fully saturated rings. The molecular formula is C36H24FIrN3-2. The van der Waals surface area contributed by atoms with Gasteiger partial charge in [0.15, 0.2) is 0 Å². The molecule has 0 atom stereocenters. The van der Waals surface area contributed by atoms with Crippen molar-refractivity contribution in [1.82, 2.24) is 14.4 Å². The van der Waals surface area contributed by atoms with E-state index in [-0.39, 0.29) is 36.9 Å². The maximum atomic E-state index is 12.9. The summed E-state index contributed by atoms with van der Waals surface area (Å²) in [6, 6.07) is 36.2. The molecule has 0 aliphatic rings. The van der Waals surface area contributed by atoms with E-state index in [0.29, 0.717) is 5.56 Å². The number of aryl methyl sites for hydroxylation is 2. The molecule has 0 bridgehead atoms. The summed E-state index contributed by atoms with van der Waals surface area (Å²) in [6.07, 6.45) is 2.93. The van der Waals surface area contributed by atoms with E-state index in [1.54, 1.807) is 0 Å². The van der Waals surface area contributed by atoms with Gasteiger partial charge >= 0.3 is 0 Å². The van der Waals surface area contributed by atoms with E-state index in [0.717, 1.165) is 29.0 Å². The second kappa shape index (κ2) is 10.9. The number of fused-ring (bicyclic) bond motifs is 6. The number of rotatable bonds is 2. The molecule has 0 saturated carbocycles. The van der Waals surface area contributed by atoms with E-state index in [9.17, 15) is 4.39 Å². The molecule has 201 valence electrons. The number of hydrogen-bond donors (Lipinski definition) is 0. The molecule has 3 nitrogen and oxygen atoms in total. The van der Waals surface area contributed by atoms with Gasteiger partial charge in [0.2, 0.25) is 0 Å². The number of benzene rings is 4. The third kappa shape index (κ3) is 4.58. The molecule has 41 heavy (non-hydrogen) atoms. The summed E-state index contributed by atoms with van der Waals surface area (Å²) in [7, 11) is 0. The van der Waals surface area contributed by atoms with Crippen LogP contribution in [0.4, 0.5) is 4.39 Å². The van der Waals surface area contributed by atoms with E-state index in [1.165, 1.54) is 50.8 Å². The van der Waals surface area contributed by atoms with Crippen LogP contribution in [0.15, 0.2) is 109 Å². The Labute approximate surface area is 259 Å². The van der Waals surface area contributed by atoms with E-state index in [4.69, 9.17) is 13.2 Å². The minimum atomic E-state index is -2.58. The predicted molar refractivity (Wildman–Crippen MR) is 161 cm³/mol. The van der Waals surface area contributed by atoms with Crippen molar-refractivity contribution in [2.75, 3.05) is 0 Å². The second-order valence-corrected chi connectivity index (χ2v) is 9.42. The molecule has 0 aliphatic carbocycles. The third-order valence-electron chi connectivity index (χ3n) is 7.05. The Hall–Kier alpha value is -4.44. The molecular weight excluding hydrogens is 686 g/mol. The van der Waals surface area contributed by atoms with Gasteiger partial charge in [0.05, 0.1) is 11.0 Å². The summed E-state index contributed by atoms with van der Waals surface area (Å²) < 4.78 is 59.8. The number of para-hydroxylation sites is 2. The third-order valence-corrected chi connectivity index (χ3v) is 7.05. The van der Waals surface area contributed by atoms with Gasteiger partial charge in [-0.15, -0.1) is 65.7 Å². The van der Waals surface area contributed by atoms with Crippen LogP contribution in [0, 0.1) is 31.7 Å². The van der Waals surface area contributed by atoms with Crippen LogP contribution in [0.3, 0.4) is 0 Å². The molecule has 4 aromatic carbocycles. The summed E-state index contributed by atoms with van der Waals surface area (Å²) >= 11 is 0.